The van der Waals surface area contributed by atoms with Crippen molar-refractivity contribution < 1.29 is 18.7 Å². The van der Waals surface area contributed by atoms with Crippen molar-refractivity contribution in [3.05, 3.63) is 41.7 Å². The summed E-state index contributed by atoms with van der Waals surface area (Å²) in [6, 6.07) is 3.04. The lowest BCUT2D eigenvalue weighted by Crippen LogP contribution is -2.39. The zero-order valence-electron chi connectivity index (χ0n) is 21.7. The zero-order valence-corrected chi connectivity index (χ0v) is 21.7. The largest absolute Gasteiger partial charge is 0.461 e. The molecule has 186 valence electrons. The molecule has 2 aromatic rings. The van der Waals surface area contributed by atoms with Crippen LogP contribution in [0.5, 0.6) is 0 Å². The minimum absolute atomic E-state index is 0.244. The number of carbonyl (C=O) groups is 1. The fourth-order valence-electron chi connectivity index (χ4n) is 4.22. The third kappa shape index (κ3) is 6.32. The molecule has 0 N–H and O–H groups in total. The predicted octanol–water partition coefficient (Wildman–Crippen LogP) is 6.03. The summed E-state index contributed by atoms with van der Waals surface area (Å²) in [5.41, 5.74) is 3.46. The average Bonchev–Trinajstić information content (AvgIpc) is 2.72. The van der Waals surface area contributed by atoms with E-state index in [1.54, 1.807) is 12.3 Å². The van der Waals surface area contributed by atoms with E-state index in [0.29, 0.717) is 11.3 Å². The molecule has 7 heteroatoms. The van der Waals surface area contributed by atoms with Gasteiger partial charge in [0.1, 0.15) is 0 Å². The van der Waals surface area contributed by atoms with E-state index < -0.39 is 23.6 Å². The second kappa shape index (κ2) is 9.98. The van der Waals surface area contributed by atoms with Crippen LogP contribution in [0.25, 0.3) is 11.1 Å². The lowest BCUT2D eigenvalue weighted by molar-refractivity contribution is -0.171. The summed E-state index contributed by atoms with van der Waals surface area (Å²) in [6.07, 6.45) is 4.08. The number of nitrogens with zero attached hydrogens (tertiary/aromatic N) is 3. The molecule has 3 heterocycles. The standard InChI is InChI=1S/C27H38FN3O3/c1-17(2)33-25(32)24(34-26(4,5)6)22-18(3)29-16-20(19-9-10-21(28)30-15-19)23(22)31-13-11-27(7,8)12-14-31/h9-10,15-17,24H,11-14H2,1-8H3/t24-/m0/s1. The Balaban J connectivity index is 2.23. The van der Waals surface area contributed by atoms with E-state index in [1.807, 2.05) is 41.5 Å². The average molecular weight is 472 g/mol. The summed E-state index contributed by atoms with van der Waals surface area (Å²) < 4.78 is 25.6. The van der Waals surface area contributed by atoms with Crippen molar-refractivity contribution in [3.8, 4) is 11.1 Å². The van der Waals surface area contributed by atoms with Gasteiger partial charge >= 0.3 is 5.97 Å². The van der Waals surface area contributed by atoms with Crippen LogP contribution in [0, 0.1) is 18.3 Å². The Labute approximate surface area is 202 Å². The molecule has 1 aliphatic rings. The van der Waals surface area contributed by atoms with Crippen molar-refractivity contribution in [1.29, 1.82) is 0 Å². The molecule has 0 amide bonds. The Kier molecular flexibility index (Phi) is 7.65. The van der Waals surface area contributed by atoms with Crippen LogP contribution in [0.15, 0.2) is 24.5 Å². The normalized spacial score (nSPS) is 17.1. The molecule has 0 radical (unpaired) electrons. The van der Waals surface area contributed by atoms with Crippen molar-refractivity contribution in [2.45, 2.75) is 86.0 Å². The second-order valence-corrected chi connectivity index (χ2v) is 11.1. The Hall–Kier alpha value is -2.54. The molecule has 0 aromatic carbocycles. The van der Waals surface area contributed by atoms with Crippen LogP contribution in [0.1, 0.15) is 78.7 Å². The first kappa shape index (κ1) is 26.1. The molecule has 0 unspecified atom stereocenters. The van der Waals surface area contributed by atoms with Crippen LogP contribution < -0.4 is 4.90 Å². The van der Waals surface area contributed by atoms with E-state index in [-0.39, 0.29) is 11.5 Å². The zero-order chi connectivity index (χ0) is 25.3. The molecular formula is C27H38FN3O3. The minimum atomic E-state index is -0.951. The lowest BCUT2D eigenvalue weighted by Gasteiger charge is -2.41. The van der Waals surface area contributed by atoms with Crippen molar-refractivity contribution in [2.24, 2.45) is 5.41 Å². The summed E-state index contributed by atoms with van der Waals surface area (Å²) in [7, 11) is 0. The quantitative estimate of drug-likeness (QED) is 0.379. The summed E-state index contributed by atoms with van der Waals surface area (Å²) >= 11 is 0. The number of ether oxygens (including phenoxy) is 2. The Morgan fingerprint density at radius 3 is 2.29 bits per heavy atom. The molecule has 0 bridgehead atoms. The van der Waals surface area contributed by atoms with Crippen molar-refractivity contribution in [1.82, 2.24) is 9.97 Å². The highest BCUT2D eigenvalue weighted by Crippen LogP contribution is 2.43. The first-order valence-electron chi connectivity index (χ1n) is 12.0. The second-order valence-electron chi connectivity index (χ2n) is 11.1. The maximum atomic E-state index is 13.6. The summed E-state index contributed by atoms with van der Waals surface area (Å²) in [5, 5.41) is 0. The number of aromatic nitrogens is 2. The van der Waals surface area contributed by atoms with Gasteiger partial charge < -0.3 is 14.4 Å². The van der Waals surface area contributed by atoms with Crippen molar-refractivity contribution in [3.63, 3.8) is 0 Å². The molecule has 2 aromatic heterocycles. The number of halogens is 1. The van der Waals surface area contributed by atoms with E-state index >= 15 is 0 Å². The number of piperidine rings is 1. The highest BCUT2D eigenvalue weighted by Gasteiger charge is 2.37. The van der Waals surface area contributed by atoms with Gasteiger partial charge in [0.25, 0.3) is 0 Å². The van der Waals surface area contributed by atoms with Crippen LogP contribution in [0.3, 0.4) is 0 Å². The van der Waals surface area contributed by atoms with Crippen LogP contribution in [-0.4, -0.2) is 40.7 Å². The number of anilines is 1. The molecule has 1 fully saturated rings. The van der Waals surface area contributed by atoms with Crippen molar-refractivity contribution in [2.75, 3.05) is 18.0 Å². The molecule has 1 aliphatic heterocycles. The minimum Gasteiger partial charge on any atom is -0.461 e. The van der Waals surface area contributed by atoms with Crippen LogP contribution in [0.4, 0.5) is 10.1 Å². The first-order valence-corrected chi connectivity index (χ1v) is 12.0. The van der Waals surface area contributed by atoms with Gasteiger partial charge in [-0.05, 0) is 71.9 Å². The van der Waals surface area contributed by atoms with E-state index in [9.17, 15) is 9.18 Å². The molecule has 6 nitrogen and oxygen atoms in total. The molecular weight excluding hydrogens is 433 g/mol. The number of carbonyl (C=O) groups excluding carboxylic acids is 1. The first-order chi connectivity index (χ1) is 15.8. The third-order valence-corrected chi connectivity index (χ3v) is 6.06. The van der Waals surface area contributed by atoms with E-state index in [0.717, 1.165) is 42.7 Å². The molecule has 0 aliphatic carbocycles. The van der Waals surface area contributed by atoms with E-state index in [1.165, 1.54) is 12.3 Å². The highest BCUT2D eigenvalue weighted by atomic mass is 19.1. The van der Waals surface area contributed by atoms with Gasteiger partial charge in [-0.25, -0.2) is 9.78 Å². The molecule has 1 saturated heterocycles. The Morgan fingerprint density at radius 1 is 1.12 bits per heavy atom. The monoisotopic (exact) mass is 471 g/mol. The van der Waals surface area contributed by atoms with Crippen molar-refractivity contribution >= 4 is 11.7 Å². The number of pyridine rings is 2. The number of aryl methyl sites for hydroxylation is 1. The van der Waals surface area contributed by atoms with E-state index in [4.69, 9.17) is 9.47 Å². The van der Waals surface area contributed by atoms with Gasteiger partial charge in [-0.15, -0.1) is 0 Å². The van der Waals surface area contributed by atoms with Gasteiger partial charge in [-0.1, -0.05) is 13.8 Å². The van der Waals surface area contributed by atoms with Crippen LogP contribution >= 0.6 is 0 Å². The van der Waals surface area contributed by atoms with Crippen LogP contribution in [0.2, 0.25) is 0 Å². The maximum absolute atomic E-state index is 13.6. The lowest BCUT2D eigenvalue weighted by atomic mass is 9.82. The fourth-order valence-corrected chi connectivity index (χ4v) is 4.22. The van der Waals surface area contributed by atoms with Gasteiger partial charge in [0, 0.05) is 47.9 Å². The van der Waals surface area contributed by atoms with Gasteiger partial charge in [-0.2, -0.15) is 4.39 Å². The predicted molar refractivity (Wildman–Crippen MR) is 132 cm³/mol. The van der Waals surface area contributed by atoms with Crippen LogP contribution in [-0.2, 0) is 14.3 Å². The summed E-state index contributed by atoms with van der Waals surface area (Å²) in [6.45, 7) is 17.5. The Bertz CT molecular complexity index is 1000. The van der Waals surface area contributed by atoms with Gasteiger partial charge in [0.05, 0.1) is 17.4 Å². The number of esters is 1. The van der Waals surface area contributed by atoms with Gasteiger partial charge in [-0.3, -0.25) is 4.98 Å². The van der Waals surface area contributed by atoms with E-state index in [2.05, 4.69) is 28.7 Å². The molecule has 3 rings (SSSR count). The molecule has 34 heavy (non-hydrogen) atoms. The fraction of sp³-hybridized carbons (Fsp3) is 0.593. The van der Waals surface area contributed by atoms with Gasteiger partial charge in [0.2, 0.25) is 5.95 Å². The SMILES string of the molecule is Cc1ncc(-c2ccc(F)nc2)c(N2CCC(C)(C)CC2)c1[C@H](OC(C)(C)C)C(=O)OC(C)C. The summed E-state index contributed by atoms with van der Waals surface area (Å²) in [4.78, 5) is 24.2. The number of rotatable bonds is 6. The molecule has 0 spiro atoms. The molecule has 0 saturated carbocycles. The highest BCUT2D eigenvalue weighted by molar-refractivity contribution is 5.86. The topological polar surface area (TPSA) is 64.5 Å². The maximum Gasteiger partial charge on any atom is 0.340 e. The smallest absolute Gasteiger partial charge is 0.340 e. The molecule has 1 atom stereocenters. The Morgan fingerprint density at radius 2 is 1.76 bits per heavy atom. The van der Waals surface area contributed by atoms with Gasteiger partial charge in [0.15, 0.2) is 6.10 Å². The number of hydrogen-bond donors (Lipinski definition) is 0. The summed E-state index contributed by atoms with van der Waals surface area (Å²) in [5.74, 6) is -0.984. The number of hydrogen-bond acceptors (Lipinski definition) is 6. The third-order valence-electron chi connectivity index (χ3n) is 6.06.